The zero-order valence-corrected chi connectivity index (χ0v) is 20.3. The van der Waals surface area contributed by atoms with E-state index in [2.05, 4.69) is 0 Å². The largest absolute Gasteiger partial charge is 0.514 e. The minimum absolute atomic E-state index is 0.315. The van der Waals surface area contributed by atoms with Gasteiger partial charge in [0.1, 0.15) is 36.1 Å². The van der Waals surface area contributed by atoms with E-state index in [0.717, 1.165) is 17.1 Å². The molecule has 0 aliphatic carbocycles. The first kappa shape index (κ1) is 26.1. The molecule has 3 rings (SSSR count). The Labute approximate surface area is 206 Å². The first-order chi connectivity index (χ1) is 16.9. The third-order valence-corrected chi connectivity index (χ3v) is 4.47. The van der Waals surface area contributed by atoms with E-state index in [0.29, 0.717) is 32.2 Å². The van der Waals surface area contributed by atoms with Gasteiger partial charge in [-0.15, -0.1) is 0 Å². The molecule has 7 nitrogen and oxygen atoms in total. The van der Waals surface area contributed by atoms with Crippen LogP contribution in [0.15, 0.2) is 84.9 Å². The number of carbonyl (C=O) groups excluding carboxylic acids is 1. The number of para-hydroxylation sites is 2. The van der Waals surface area contributed by atoms with Crippen molar-refractivity contribution in [1.29, 1.82) is 0 Å². The van der Waals surface area contributed by atoms with Gasteiger partial charge in [0, 0.05) is 5.56 Å². The highest BCUT2D eigenvalue weighted by atomic mass is 16.7. The van der Waals surface area contributed by atoms with Crippen LogP contribution in [-0.4, -0.2) is 38.2 Å². The van der Waals surface area contributed by atoms with E-state index in [1.165, 1.54) is 0 Å². The maximum Gasteiger partial charge on any atom is 0.514 e. The number of rotatable bonds is 12. The zero-order valence-electron chi connectivity index (χ0n) is 20.3. The summed E-state index contributed by atoms with van der Waals surface area (Å²) < 4.78 is 33.7. The smallest absolute Gasteiger partial charge is 0.491 e. The van der Waals surface area contributed by atoms with Crippen LogP contribution in [0, 0.1) is 0 Å². The van der Waals surface area contributed by atoms with E-state index in [-0.39, 0.29) is 0 Å². The normalized spacial score (nSPS) is 11.2. The lowest BCUT2D eigenvalue weighted by atomic mass is 10.2. The summed E-state index contributed by atoms with van der Waals surface area (Å²) in [5.41, 5.74) is 0.133. The van der Waals surface area contributed by atoms with Crippen LogP contribution in [0.3, 0.4) is 0 Å². The fourth-order valence-electron chi connectivity index (χ4n) is 2.96. The summed E-state index contributed by atoms with van der Waals surface area (Å²) in [6.07, 6.45) is -1.41. The molecule has 0 bridgehead atoms. The van der Waals surface area contributed by atoms with Crippen LogP contribution in [0.1, 0.15) is 32.6 Å². The highest BCUT2D eigenvalue weighted by Gasteiger charge is 2.19. The Morgan fingerprint density at radius 1 is 0.657 bits per heavy atom. The van der Waals surface area contributed by atoms with Gasteiger partial charge < -0.3 is 28.4 Å². The standard InChI is InChI=1S/C28H32O7/c1-28(2,3)35-27(29)34-25-16-14-22(15-17-25)26(32-20-18-30-23-10-6-4-7-11-23)33-21-19-31-24-12-8-5-9-13-24/h4-17,26H,18-21H2,1-3H3. The van der Waals surface area contributed by atoms with Gasteiger partial charge in [0.15, 0.2) is 6.29 Å². The van der Waals surface area contributed by atoms with Crippen molar-refractivity contribution in [3.63, 3.8) is 0 Å². The summed E-state index contributed by atoms with van der Waals surface area (Å²) in [6, 6.07) is 26.0. The van der Waals surface area contributed by atoms with Crippen molar-refractivity contribution in [2.45, 2.75) is 32.7 Å². The van der Waals surface area contributed by atoms with Crippen LogP contribution in [0.5, 0.6) is 17.2 Å². The van der Waals surface area contributed by atoms with E-state index in [4.69, 9.17) is 28.4 Å². The molecular formula is C28H32O7. The SMILES string of the molecule is CC(C)(C)OC(=O)Oc1ccc(C(OCCOc2ccccc2)OCCOc2ccccc2)cc1. The second kappa shape index (κ2) is 13.4. The quantitative estimate of drug-likeness (QED) is 0.132. The molecule has 0 N–H and O–H groups in total. The number of hydrogen-bond acceptors (Lipinski definition) is 7. The predicted octanol–water partition coefficient (Wildman–Crippen LogP) is 6.19. The van der Waals surface area contributed by atoms with Gasteiger partial charge in [-0.05, 0) is 57.2 Å². The van der Waals surface area contributed by atoms with Gasteiger partial charge in [-0.1, -0.05) is 48.5 Å². The van der Waals surface area contributed by atoms with Gasteiger partial charge in [0.2, 0.25) is 0 Å². The Bertz CT molecular complexity index is 951. The topological polar surface area (TPSA) is 72.5 Å². The van der Waals surface area contributed by atoms with Crippen LogP contribution in [0.25, 0.3) is 0 Å². The summed E-state index contributed by atoms with van der Waals surface area (Å²) in [5.74, 6) is 1.91. The second-order valence-electron chi connectivity index (χ2n) is 8.53. The molecule has 0 heterocycles. The Morgan fingerprint density at radius 3 is 1.60 bits per heavy atom. The monoisotopic (exact) mass is 480 g/mol. The Kier molecular flexibility index (Phi) is 9.95. The van der Waals surface area contributed by atoms with Crippen molar-refractivity contribution in [1.82, 2.24) is 0 Å². The third kappa shape index (κ3) is 10.1. The van der Waals surface area contributed by atoms with Crippen molar-refractivity contribution in [3.05, 3.63) is 90.5 Å². The lowest BCUT2D eigenvalue weighted by molar-refractivity contribution is -0.154. The maximum absolute atomic E-state index is 11.9. The first-order valence-electron chi connectivity index (χ1n) is 11.5. The lowest BCUT2D eigenvalue weighted by Crippen LogP contribution is -2.26. The summed E-state index contributed by atoms with van der Waals surface area (Å²) in [5, 5.41) is 0. The van der Waals surface area contributed by atoms with Gasteiger partial charge in [-0.3, -0.25) is 0 Å². The van der Waals surface area contributed by atoms with E-state index in [1.807, 2.05) is 60.7 Å². The summed E-state index contributed by atoms with van der Waals surface area (Å²) in [7, 11) is 0. The van der Waals surface area contributed by atoms with Crippen molar-refractivity contribution < 1.29 is 33.2 Å². The maximum atomic E-state index is 11.9. The van der Waals surface area contributed by atoms with Crippen LogP contribution in [0.2, 0.25) is 0 Å². The molecule has 0 aliphatic rings. The second-order valence-corrected chi connectivity index (χ2v) is 8.53. The van der Waals surface area contributed by atoms with Crippen molar-refractivity contribution in [2.75, 3.05) is 26.4 Å². The molecule has 0 fully saturated rings. The molecule has 35 heavy (non-hydrogen) atoms. The van der Waals surface area contributed by atoms with Gasteiger partial charge >= 0.3 is 6.16 Å². The molecule has 3 aromatic rings. The van der Waals surface area contributed by atoms with Gasteiger partial charge in [-0.25, -0.2) is 4.79 Å². The molecule has 0 aliphatic heterocycles. The van der Waals surface area contributed by atoms with E-state index < -0.39 is 18.0 Å². The fraction of sp³-hybridized carbons (Fsp3) is 0.321. The highest BCUT2D eigenvalue weighted by molar-refractivity contribution is 5.64. The molecule has 0 aromatic heterocycles. The number of ether oxygens (including phenoxy) is 6. The number of carbonyl (C=O) groups is 1. The average Bonchev–Trinajstić information content (AvgIpc) is 2.84. The molecule has 0 spiro atoms. The highest BCUT2D eigenvalue weighted by Crippen LogP contribution is 2.23. The van der Waals surface area contributed by atoms with Crippen LogP contribution in [-0.2, 0) is 14.2 Å². The van der Waals surface area contributed by atoms with E-state index >= 15 is 0 Å². The molecule has 0 radical (unpaired) electrons. The molecule has 7 heteroatoms. The predicted molar refractivity (Wildman–Crippen MR) is 132 cm³/mol. The summed E-state index contributed by atoms with van der Waals surface area (Å²) in [6.45, 7) is 6.69. The molecule has 0 atom stereocenters. The molecule has 0 amide bonds. The number of benzene rings is 3. The third-order valence-electron chi connectivity index (χ3n) is 4.47. The minimum Gasteiger partial charge on any atom is -0.491 e. The van der Waals surface area contributed by atoms with E-state index in [1.54, 1.807) is 45.0 Å². The van der Waals surface area contributed by atoms with E-state index in [9.17, 15) is 4.79 Å². The summed E-state index contributed by atoms with van der Waals surface area (Å²) >= 11 is 0. The van der Waals surface area contributed by atoms with Crippen LogP contribution >= 0.6 is 0 Å². The molecular weight excluding hydrogens is 448 g/mol. The molecule has 0 unspecified atom stereocenters. The Balaban J connectivity index is 1.54. The Morgan fingerprint density at radius 2 is 1.14 bits per heavy atom. The van der Waals surface area contributed by atoms with Crippen molar-refractivity contribution >= 4 is 6.16 Å². The van der Waals surface area contributed by atoms with Gasteiger partial charge in [0.25, 0.3) is 0 Å². The van der Waals surface area contributed by atoms with Crippen molar-refractivity contribution in [2.24, 2.45) is 0 Å². The minimum atomic E-state index is -0.759. The fourth-order valence-corrected chi connectivity index (χ4v) is 2.96. The zero-order chi connectivity index (χ0) is 24.9. The molecule has 0 saturated carbocycles. The Hall–Kier alpha value is -3.55. The first-order valence-corrected chi connectivity index (χ1v) is 11.5. The van der Waals surface area contributed by atoms with Crippen molar-refractivity contribution in [3.8, 4) is 17.2 Å². The summed E-state index contributed by atoms with van der Waals surface area (Å²) in [4.78, 5) is 11.9. The average molecular weight is 481 g/mol. The van der Waals surface area contributed by atoms with Gasteiger partial charge in [0.05, 0.1) is 13.2 Å². The number of hydrogen-bond donors (Lipinski definition) is 0. The molecule has 0 saturated heterocycles. The molecule has 186 valence electrons. The van der Waals surface area contributed by atoms with Crippen LogP contribution < -0.4 is 14.2 Å². The van der Waals surface area contributed by atoms with Gasteiger partial charge in [-0.2, -0.15) is 0 Å². The molecule has 3 aromatic carbocycles. The lowest BCUT2D eigenvalue weighted by Gasteiger charge is -2.20. The van der Waals surface area contributed by atoms with Crippen LogP contribution in [0.4, 0.5) is 4.79 Å².